The minimum Gasteiger partial charge on any atom is -0.497 e. The van der Waals surface area contributed by atoms with Crippen molar-refractivity contribution in [3.63, 3.8) is 0 Å². The molecule has 3 aromatic rings. The topological polar surface area (TPSA) is 61.0 Å². The Morgan fingerprint density at radius 3 is 2.62 bits per heavy atom. The Morgan fingerprint density at radius 2 is 1.89 bits per heavy atom. The van der Waals surface area contributed by atoms with Crippen molar-refractivity contribution in [3.8, 4) is 11.5 Å². The second-order valence-corrected chi connectivity index (χ2v) is 10.6. The number of aromatic amines is 1. The number of rotatable bonds is 5. The monoisotopic (exact) mass is 500 g/mol. The summed E-state index contributed by atoms with van der Waals surface area (Å²) in [6.45, 7) is 8.39. The molecule has 194 valence electrons. The Kier molecular flexibility index (Phi) is 5.91. The number of ether oxygens (including phenoxy) is 2. The zero-order chi connectivity index (χ0) is 25.7. The molecule has 1 N–H and O–H groups in total. The van der Waals surface area contributed by atoms with E-state index in [4.69, 9.17) is 9.47 Å². The van der Waals surface area contributed by atoms with Crippen molar-refractivity contribution in [1.29, 1.82) is 0 Å². The number of H-pyrrole nitrogens is 1. The van der Waals surface area contributed by atoms with Crippen molar-refractivity contribution >= 4 is 16.9 Å². The third kappa shape index (κ3) is 3.79. The van der Waals surface area contributed by atoms with E-state index in [1.54, 1.807) is 14.2 Å². The van der Waals surface area contributed by atoms with Gasteiger partial charge in [-0.05, 0) is 54.5 Å². The van der Waals surface area contributed by atoms with Gasteiger partial charge in [-0.3, -0.25) is 9.80 Å². The molecule has 6 rings (SSSR count). The fourth-order valence-corrected chi connectivity index (χ4v) is 6.80. The van der Waals surface area contributed by atoms with E-state index >= 15 is 0 Å². The first-order valence-corrected chi connectivity index (χ1v) is 13.3. The number of methoxy groups -OCH3 is 2. The smallest absolute Gasteiger partial charge is 0.325 e. The van der Waals surface area contributed by atoms with Gasteiger partial charge in [0.25, 0.3) is 0 Å². The standard InChI is InChI=1S/C30H36N4O3/c1-5-34-29(35)33-19-23-16-24(36-3)17-26(37-4)28(23)20(2)14-27(33)30(34)9-12-32(13-10-30)18-21-6-7-22-8-11-31-25(22)15-21/h6-8,11,14-17,20,31H,5,9-10,12-13,18-19H2,1-4H3/t20-/m0/s1. The molecule has 7 nitrogen and oxygen atoms in total. The molecule has 3 aliphatic rings. The van der Waals surface area contributed by atoms with Crippen LogP contribution in [0.15, 0.2) is 54.4 Å². The van der Waals surface area contributed by atoms with Crippen molar-refractivity contribution in [3.05, 3.63) is 71.1 Å². The predicted molar refractivity (Wildman–Crippen MR) is 145 cm³/mol. The zero-order valence-electron chi connectivity index (χ0n) is 22.2. The first-order chi connectivity index (χ1) is 18.0. The molecule has 1 aromatic heterocycles. The van der Waals surface area contributed by atoms with Gasteiger partial charge in [-0.1, -0.05) is 25.1 Å². The summed E-state index contributed by atoms with van der Waals surface area (Å²) in [5.74, 6) is 1.70. The number of piperidine rings is 1. The molecule has 7 heteroatoms. The second kappa shape index (κ2) is 9.14. The summed E-state index contributed by atoms with van der Waals surface area (Å²) in [7, 11) is 3.37. The molecular formula is C30H36N4O3. The normalized spacial score (nSPS) is 21.1. The number of hydrogen-bond donors (Lipinski definition) is 1. The van der Waals surface area contributed by atoms with E-state index in [0.717, 1.165) is 60.8 Å². The average Bonchev–Trinajstić information content (AvgIpc) is 3.41. The first-order valence-electron chi connectivity index (χ1n) is 13.3. The van der Waals surface area contributed by atoms with Crippen molar-refractivity contribution < 1.29 is 14.3 Å². The molecule has 1 atom stereocenters. The highest BCUT2D eigenvalue weighted by molar-refractivity contribution is 5.83. The fraction of sp³-hybridized carbons (Fsp3) is 0.433. The quantitative estimate of drug-likeness (QED) is 0.504. The minimum absolute atomic E-state index is 0.112. The van der Waals surface area contributed by atoms with Gasteiger partial charge in [0.05, 0.1) is 26.3 Å². The summed E-state index contributed by atoms with van der Waals surface area (Å²) in [5.41, 5.74) is 5.64. The maximum atomic E-state index is 13.8. The van der Waals surface area contributed by atoms with Crippen LogP contribution >= 0.6 is 0 Å². The largest absolute Gasteiger partial charge is 0.497 e. The van der Waals surface area contributed by atoms with E-state index in [1.807, 2.05) is 17.2 Å². The SMILES string of the molecule is CCN1C(=O)N2Cc3cc(OC)cc(OC)c3[C@@H](C)C=C2C12CCN(Cc1ccc3cc[nH]c3c1)CC2. The van der Waals surface area contributed by atoms with Crippen LogP contribution in [-0.4, -0.2) is 65.1 Å². The van der Waals surface area contributed by atoms with Crippen molar-refractivity contribution in [1.82, 2.24) is 19.7 Å². The van der Waals surface area contributed by atoms with Gasteiger partial charge in [-0.2, -0.15) is 0 Å². The number of hydrogen-bond acceptors (Lipinski definition) is 4. The van der Waals surface area contributed by atoms with Crippen molar-refractivity contribution in [2.75, 3.05) is 33.9 Å². The van der Waals surface area contributed by atoms with E-state index in [9.17, 15) is 4.79 Å². The van der Waals surface area contributed by atoms with Crippen LogP contribution in [0.1, 0.15) is 49.3 Å². The lowest BCUT2D eigenvalue weighted by Gasteiger charge is -2.44. The number of nitrogens with one attached hydrogen (secondary N) is 1. The molecule has 2 amide bonds. The molecule has 4 heterocycles. The Bertz CT molecular complexity index is 1370. The molecule has 0 unspecified atom stereocenters. The Hall–Kier alpha value is -3.45. The lowest BCUT2D eigenvalue weighted by atomic mass is 9.82. The number of nitrogens with zero attached hydrogens (tertiary/aromatic N) is 3. The van der Waals surface area contributed by atoms with Crippen LogP contribution in [0.3, 0.4) is 0 Å². The number of carbonyl (C=O) groups is 1. The van der Waals surface area contributed by atoms with Gasteiger partial charge in [0.2, 0.25) is 0 Å². The molecule has 0 radical (unpaired) electrons. The van der Waals surface area contributed by atoms with Gasteiger partial charge in [0.15, 0.2) is 0 Å². The van der Waals surface area contributed by atoms with Crippen LogP contribution in [0.25, 0.3) is 10.9 Å². The Labute approximate surface area is 218 Å². The summed E-state index contributed by atoms with van der Waals surface area (Å²) >= 11 is 0. The molecular weight excluding hydrogens is 464 g/mol. The van der Waals surface area contributed by atoms with E-state index in [1.165, 1.54) is 16.5 Å². The summed E-state index contributed by atoms with van der Waals surface area (Å²) in [6, 6.07) is 12.9. The number of allylic oxidation sites excluding steroid dienone is 1. The maximum absolute atomic E-state index is 13.8. The van der Waals surface area contributed by atoms with Crippen LogP contribution < -0.4 is 9.47 Å². The predicted octanol–water partition coefficient (Wildman–Crippen LogP) is 5.48. The molecule has 0 aliphatic carbocycles. The molecule has 0 bridgehead atoms. The van der Waals surface area contributed by atoms with Crippen LogP contribution in [0.4, 0.5) is 4.79 Å². The highest BCUT2D eigenvalue weighted by Gasteiger charge is 2.54. The van der Waals surface area contributed by atoms with Crippen molar-refractivity contribution in [2.45, 2.75) is 51.2 Å². The van der Waals surface area contributed by atoms with Gasteiger partial charge >= 0.3 is 6.03 Å². The number of likely N-dealkylation sites (N-methyl/N-ethyl adjacent to an activating group) is 1. The molecule has 37 heavy (non-hydrogen) atoms. The van der Waals surface area contributed by atoms with Gasteiger partial charge in [0.1, 0.15) is 11.5 Å². The molecule has 2 fully saturated rings. The van der Waals surface area contributed by atoms with Crippen molar-refractivity contribution in [2.24, 2.45) is 0 Å². The third-order valence-electron chi connectivity index (χ3n) is 8.62. The third-order valence-corrected chi connectivity index (χ3v) is 8.62. The number of urea groups is 1. The number of aromatic nitrogens is 1. The summed E-state index contributed by atoms with van der Waals surface area (Å²) in [6.07, 6.45) is 6.18. The van der Waals surface area contributed by atoms with Gasteiger partial charge in [-0.15, -0.1) is 0 Å². The molecule has 1 spiro atoms. The van der Waals surface area contributed by atoms with Crippen LogP contribution in [0, 0.1) is 0 Å². The van der Waals surface area contributed by atoms with E-state index in [-0.39, 0.29) is 17.5 Å². The van der Waals surface area contributed by atoms with Crippen LogP contribution in [-0.2, 0) is 13.1 Å². The zero-order valence-corrected chi connectivity index (χ0v) is 22.2. The summed E-state index contributed by atoms with van der Waals surface area (Å²) in [4.78, 5) is 23.8. The van der Waals surface area contributed by atoms with E-state index in [0.29, 0.717) is 13.1 Å². The van der Waals surface area contributed by atoms with Crippen LogP contribution in [0.5, 0.6) is 11.5 Å². The van der Waals surface area contributed by atoms with E-state index < -0.39 is 0 Å². The molecule has 0 saturated carbocycles. The van der Waals surface area contributed by atoms with E-state index in [2.05, 4.69) is 65.0 Å². The first kappa shape index (κ1) is 23.9. The Morgan fingerprint density at radius 1 is 1.08 bits per heavy atom. The second-order valence-electron chi connectivity index (χ2n) is 10.6. The maximum Gasteiger partial charge on any atom is 0.325 e. The van der Waals surface area contributed by atoms with Gasteiger partial charge in [0, 0.05) is 61.1 Å². The summed E-state index contributed by atoms with van der Waals surface area (Å²) in [5, 5.41) is 1.24. The minimum atomic E-state index is -0.265. The Balaban J connectivity index is 1.29. The summed E-state index contributed by atoms with van der Waals surface area (Å²) < 4.78 is 11.3. The van der Waals surface area contributed by atoms with Crippen LogP contribution in [0.2, 0.25) is 0 Å². The van der Waals surface area contributed by atoms with Gasteiger partial charge in [-0.25, -0.2) is 4.79 Å². The number of fused-ring (bicyclic) bond motifs is 4. The molecule has 2 aromatic carbocycles. The lowest BCUT2D eigenvalue weighted by Crippen LogP contribution is -2.53. The highest BCUT2D eigenvalue weighted by Crippen LogP contribution is 2.49. The highest BCUT2D eigenvalue weighted by atomic mass is 16.5. The number of benzene rings is 2. The lowest BCUT2D eigenvalue weighted by molar-refractivity contribution is 0.0888. The number of carbonyl (C=O) groups excluding carboxylic acids is 1. The molecule has 3 aliphatic heterocycles. The number of amides is 2. The molecule has 2 saturated heterocycles. The fourth-order valence-electron chi connectivity index (χ4n) is 6.80. The number of likely N-dealkylation sites (tertiary alicyclic amines) is 1. The van der Waals surface area contributed by atoms with Gasteiger partial charge < -0.3 is 19.4 Å². The average molecular weight is 501 g/mol.